The van der Waals surface area contributed by atoms with Gasteiger partial charge >= 0.3 is 41.6 Å². The predicted molar refractivity (Wildman–Crippen MR) is 116 cm³/mol. The molecular weight excluding hydrogens is 428 g/mol. The Hall–Kier alpha value is -3.01. The van der Waals surface area contributed by atoms with Crippen molar-refractivity contribution in [1.29, 1.82) is 0 Å². The van der Waals surface area contributed by atoms with Gasteiger partial charge in [0, 0.05) is 24.9 Å². The van der Waals surface area contributed by atoms with Crippen LogP contribution in [0.4, 0.5) is 9.18 Å². The second kappa shape index (κ2) is 11.0. The number of carbonyl (C=O) groups excluding carboxylic acids is 3. The summed E-state index contributed by atoms with van der Waals surface area (Å²) in [6, 6.07) is 9.63. The summed E-state index contributed by atoms with van der Waals surface area (Å²) in [6.45, 7) is 0. The third-order valence-corrected chi connectivity index (χ3v) is 4.78. The van der Waals surface area contributed by atoms with E-state index in [4.69, 9.17) is 0 Å². The molecule has 1 aliphatic rings. The number of hydrogen-bond acceptors (Lipinski definition) is 4. The predicted octanol–water partition coefficient (Wildman–Crippen LogP) is 1.58. The van der Waals surface area contributed by atoms with E-state index in [-0.39, 0.29) is 35.1 Å². The standard InChI is InChI=1S/C22H20FN3O5.Na.H/c1-26-10-9-18(27)20(21(26)30)25-22(31)24-17(12-19(28)29)15-11-14(7-8-16(15)23)13-5-3-2-4-6-13;;/h2-11,17,20H,12H2,1H3,(H,28,29)(H2,24,25,31);;. The van der Waals surface area contributed by atoms with Crippen molar-refractivity contribution >= 4 is 53.2 Å². The van der Waals surface area contributed by atoms with Crippen molar-refractivity contribution in [3.05, 3.63) is 72.2 Å². The summed E-state index contributed by atoms with van der Waals surface area (Å²) < 4.78 is 14.6. The van der Waals surface area contributed by atoms with Gasteiger partial charge in [-0.15, -0.1) is 0 Å². The molecule has 0 bridgehead atoms. The molecule has 2 aromatic carbocycles. The number of amides is 3. The fourth-order valence-electron chi connectivity index (χ4n) is 3.18. The molecule has 3 rings (SSSR count). The van der Waals surface area contributed by atoms with Gasteiger partial charge in [-0.1, -0.05) is 36.4 Å². The Balaban J connectivity index is 0.00000363. The van der Waals surface area contributed by atoms with Gasteiger partial charge in [0.1, 0.15) is 5.82 Å². The molecule has 3 N–H and O–H groups in total. The monoisotopic (exact) mass is 449 g/mol. The van der Waals surface area contributed by atoms with E-state index >= 15 is 0 Å². The van der Waals surface area contributed by atoms with E-state index < -0.39 is 48.0 Å². The number of ketones is 1. The normalized spacial score (nSPS) is 16.2. The van der Waals surface area contributed by atoms with Crippen LogP contribution in [0, 0.1) is 5.82 Å². The number of urea groups is 1. The van der Waals surface area contributed by atoms with Crippen molar-refractivity contribution in [2.75, 3.05) is 7.05 Å². The first-order valence-corrected chi connectivity index (χ1v) is 9.38. The maximum absolute atomic E-state index is 14.6. The van der Waals surface area contributed by atoms with Gasteiger partial charge in [0.05, 0.1) is 12.5 Å². The quantitative estimate of drug-likeness (QED) is 0.458. The molecule has 2 atom stereocenters. The number of nitrogens with one attached hydrogen (secondary N) is 2. The molecule has 2 aromatic rings. The molecule has 0 radical (unpaired) electrons. The van der Waals surface area contributed by atoms with E-state index in [9.17, 15) is 28.7 Å². The first-order valence-electron chi connectivity index (χ1n) is 9.38. The third-order valence-electron chi connectivity index (χ3n) is 4.78. The molecule has 1 aliphatic heterocycles. The van der Waals surface area contributed by atoms with Gasteiger partial charge in [0.25, 0.3) is 5.91 Å². The van der Waals surface area contributed by atoms with E-state index in [0.29, 0.717) is 5.56 Å². The van der Waals surface area contributed by atoms with Crippen molar-refractivity contribution in [2.24, 2.45) is 0 Å². The van der Waals surface area contributed by atoms with E-state index in [1.807, 2.05) is 30.3 Å². The van der Waals surface area contributed by atoms with Crippen LogP contribution in [0.25, 0.3) is 11.1 Å². The molecule has 32 heavy (non-hydrogen) atoms. The Kier molecular flexibility index (Phi) is 8.71. The van der Waals surface area contributed by atoms with Gasteiger partial charge in [-0.25, -0.2) is 9.18 Å². The summed E-state index contributed by atoms with van der Waals surface area (Å²) in [5, 5.41) is 13.9. The van der Waals surface area contributed by atoms with Gasteiger partial charge in [-0.2, -0.15) is 0 Å². The molecule has 3 amide bonds. The van der Waals surface area contributed by atoms with E-state index in [1.165, 1.54) is 25.4 Å². The summed E-state index contributed by atoms with van der Waals surface area (Å²) in [5.74, 6) is -3.22. The number of halogens is 1. The fourth-order valence-corrected chi connectivity index (χ4v) is 3.18. The van der Waals surface area contributed by atoms with E-state index in [2.05, 4.69) is 10.6 Å². The maximum atomic E-state index is 14.6. The fraction of sp³-hybridized carbons (Fsp3) is 0.182. The second-order valence-corrected chi connectivity index (χ2v) is 6.97. The van der Waals surface area contributed by atoms with Gasteiger partial charge in [-0.3, -0.25) is 14.4 Å². The van der Waals surface area contributed by atoms with Crippen LogP contribution in [0.3, 0.4) is 0 Å². The van der Waals surface area contributed by atoms with E-state index in [1.54, 1.807) is 6.07 Å². The van der Waals surface area contributed by atoms with Crippen molar-refractivity contribution in [2.45, 2.75) is 18.5 Å². The number of carbonyl (C=O) groups is 4. The van der Waals surface area contributed by atoms with Crippen LogP contribution in [0.15, 0.2) is 60.8 Å². The zero-order valence-corrected chi connectivity index (χ0v) is 16.5. The molecule has 0 fully saturated rings. The van der Waals surface area contributed by atoms with Crippen molar-refractivity contribution in [3.63, 3.8) is 0 Å². The molecule has 2 unspecified atom stereocenters. The van der Waals surface area contributed by atoms with Crippen LogP contribution in [-0.2, 0) is 14.4 Å². The first-order chi connectivity index (χ1) is 14.8. The Morgan fingerprint density at radius 1 is 1.12 bits per heavy atom. The average Bonchev–Trinajstić information content (AvgIpc) is 2.74. The molecule has 1 heterocycles. The summed E-state index contributed by atoms with van der Waals surface area (Å²) in [6.07, 6.45) is 1.82. The molecule has 8 nitrogen and oxygen atoms in total. The molecule has 10 heteroatoms. The topological polar surface area (TPSA) is 116 Å². The average molecular weight is 449 g/mol. The summed E-state index contributed by atoms with van der Waals surface area (Å²) in [7, 11) is 1.43. The SMILES string of the molecule is CN1C=CC(=O)C(NC(=O)NC(CC(=O)O)c2cc(-c3ccccc3)ccc2F)C1=O.[NaH]. The van der Waals surface area contributed by atoms with Crippen LogP contribution >= 0.6 is 0 Å². The molecule has 162 valence electrons. The van der Waals surface area contributed by atoms with E-state index in [0.717, 1.165) is 16.5 Å². The van der Waals surface area contributed by atoms with Crippen LogP contribution in [0.2, 0.25) is 0 Å². The molecular formula is C22H21FN3NaO5. The number of benzene rings is 2. The molecule has 0 saturated heterocycles. The molecule has 0 aliphatic carbocycles. The van der Waals surface area contributed by atoms with Gasteiger partial charge in [0.15, 0.2) is 11.8 Å². The number of rotatable bonds is 6. The summed E-state index contributed by atoms with van der Waals surface area (Å²) in [5.41, 5.74) is 1.40. The molecule has 0 aromatic heterocycles. The number of carboxylic acids is 1. The Bertz CT molecular complexity index is 1060. The Morgan fingerprint density at radius 2 is 1.81 bits per heavy atom. The Labute approximate surface area is 205 Å². The van der Waals surface area contributed by atoms with Crippen LogP contribution < -0.4 is 10.6 Å². The van der Waals surface area contributed by atoms with Crippen LogP contribution in [0.1, 0.15) is 18.0 Å². The van der Waals surface area contributed by atoms with Crippen molar-refractivity contribution < 1.29 is 28.7 Å². The number of nitrogens with zero attached hydrogens (tertiary/aromatic N) is 1. The number of hydrogen-bond donors (Lipinski definition) is 3. The van der Waals surface area contributed by atoms with Crippen LogP contribution in [0.5, 0.6) is 0 Å². The Morgan fingerprint density at radius 3 is 2.47 bits per heavy atom. The minimum atomic E-state index is -1.44. The van der Waals surface area contributed by atoms with Gasteiger partial charge < -0.3 is 20.6 Å². The summed E-state index contributed by atoms with van der Waals surface area (Å²) >= 11 is 0. The van der Waals surface area contributed by atoms with Crippen molar-refractivity contribution in [1.82, 2.24) is 15.5 Å². The third kappa shape index (κ3) is 6.03. The molecule has 0 spiro atoms. The van der Waals surface area contributed by atoms with Gasteiger partial charge in [0.2, 0.25) is 0 Å². The van der Waals surface area contributed by atoms with Gasteiger partial charge in [-0.05, 0) is 23.3 Å². The first kappa shape index (κ1) is 25.3. The zero-order valence-electron chi connectivity index (χ0n) is 16.5. The number of likely N-dealkylation sites (N-methyl/N-ethyl adjacent to an activating group) is 1. The minimum absolute atomic E-state index is 0. The summed E-state index contributed by atoms with van der Waals surface area (Å²) in [4.78, 5) is 49.0. The zero-order chi connectivity index (χ0) is 22.5. The van der Waals surface area contributed by atoms with Crippen LogP contribution in [-0.4, -0.2) is 76.3 Å². The van der Waals surface area contributed by atoms with Crippen molar-refractivity contribution in [3.8, 4) is 11.1 Å². The number of carboxylic acid groups (broad SMARTS) is 1. The molecule has 0 saturated carbocycles. The second-order valence-electron chi connectivity index (χ2n) is 6.97. The number of aliphatic carboxylic acids is 1.